The van der Waals surface area contributed by atoms with E-state index in [0.717, 1.165) is 0 Å². The van der Waals surface area contributed by atoms with E-state index < -0.39 is 0 Å². The zero-order valence-electron chi connectivity index (χ0n) is 8.22. The zero-order chi connectivity index (χ0) is 9.05. The highest BCUT2D eigenvalue weighted by atomic mass is 14.4. The van der Waals surface area contributed by atoms with E-state index in [1.54, 1.807) is 22.3 Å². The molecule has 0 heteroatoms. The van der Waals surface area contributed by atoms with Crippen molar-refractivity contribution in [2.45, 2.75) is 34.1 Å². The van der Waals surface area contributed by atoms with Crippen LogP contribution in [-0.4, -0.2) is 0 Å². The Morgan fingerprint density at radius 3 is 1.79 bits per heavy atom. The van der Waals surface area contributed by atoms with E-state index in [-0.39, 0.29) is 12.8 Å². The molecule has 3 rings (SSSR count). The quantitative estimate of drug-likeness (QED) is 0.532. The summed E-state index contributed by atoms with van der Waals surface area (Å²) < 4.78 is 0. The first-order chi connectivity index (χ1) is 6.21. The minimum absolute atomic E-state index is 0. The summed E-state index contributed by atoms with van der Waals surface area (Å²) in [5.41, 5.74) is 6.66. The summed E-state index contributed by atoms with van der Waals surface area (Å²) >= 11 is 0. The summed E-state index contributed by atoms with van der Waals surface area (Å²) in [6.07, 6.45) is 11.6. The molecule has 0 aromatic rings. The molecule has 0 aromatic heterocycles. The van der Waals surface area contributed by atoms with Gasteiger partial charge in [-0.25, -0.2) is 0 Å². The SMILES string of the molecule is C.CC1(C)C2=C(CC=C2)C2=C1C=CC2. The summed E-state index contributed by atoms with van der Waals surface area (Å²) in [4.78, 5) is 0. The Balaban J connectivity index is 0.000000750. The van der Waals surface area contributed by atoms with Crippen LogP contribution in [0, 0.1) is 5.41 Å². The first-order valence-corrected chi connectivity index (χ1v) is 5.02. The average Bonchev–Trinajstić information content (AvgIpc) is 2.74. The van der Waals surface area contributed by atoms with Crippen LogP contribution in [0.3, 0.4) is 0 Å². The Labute approximate surface area is 86.7 Å². The second-order valence-electron chi connectivity index (χ2n) is 4.62. The van der Waals surface area contributed by atoms with Crippen LogP contribution in [0.5, 0.6) is 0 Å². The van der Waals surface area contributed by atoms with Crippen LogP contribution < -0.4 is 0 Å². The van der Waals surface area contributed by atoms with E-state index in [1.165, 1.54) is 12.8 Å². The fourth-order valence-corrected chi connectivity index (χ4v) is 2.90. The smallest absolute Gasteiger partial charge is 0.0152 e. The largest absolute Gasteiger partial charge is 0.0798 e. The van der Waals surface area contributed by atoms with E-state index >= 15 is 0 Å². The van der Waals surface area contributed by atoms with Crippen molar-refractivity contribution in [1.29, 1.82) is 0 Å². The average molecular weight is 186 g/mol. The molecule has 0 unspecified atom stereocenters. The molecule has 0 radical (unpaired) electrons. The number of fused-ring (bicyclic) bond motifs is 1. The molecule has 0 N–H and O–H groups in total. The van der Waals surface area contributed by atoms with Gasteiger partial charge in [-0.3, -0.25) is 0 Å². The summed E-state index contributed by atoms with van der Waals surface area (Å²) in [6, 6.07) is 0. The van der Waals surface area contributed by atoms with Gasteiger partial charge in [-0.1, -0.05) is 45.6 Å². The summed E-state index contributed by atoms with van der Waals surface area (Å²) in [6.45, 7) is 4.69. The number of hydrogen-bond donors (Lipinski definition) is 0. The monoisotopic (exact) mass is 186 g/mol. The van der Waals surface area contributed by atoms with Gasteiger partial charge in [0.2, 0.25) is 0 Å². The second-order valence-corrected chi connectivity index (χ2v) is 4.62. The van der Waals surface area contributed by atoms with Crippen molar-refractivity contribution in [3.05, 3.63) is 46.6 Å². The highest BCUT2D eigenvalue weighted by Gasteiger charge is 2.39. The van der Waals surface area contributed by atoms with E-state index in [1.807, 2.05) is 0 Å². The minimum atomic E-state index is 0. The number of hydrogen-bond acceptors (Lipinski definition) is 0. The molecular formula is C14H18. The fraction of sp³-hybridized carbons (Fsp3) is 0.429. The molecule has 3 aliphatic rings. The molecule has 0 saturated heterocycles. The molecule has 0 aromatic carbocycles. The van der Waals surface area contributed by atoms with Gasteiger partial charge in [-0.15, -0.1) is 0 Å². The first kappa shape index (κ1) is 9.51. The molecule has 3 aliphatic carbocycles. The molecule has 0 bridgehead atoms. The molecule has 14 heavy (non-hydrogen) atoms. The summed E-state index contributed by atoms with van der Waals surface area (Å²) in [5.74, 6) is 0. The third-order valence-electron chi connectivity index (χ3n) is 3.57. The van der Waals surface area contributed by atoms with Crippen molar-refractivity contribution in [1.82, 2.24) is 0 Å². The molecular weight excluding hydrogens is 168 g/mol. The number of allylic oxidation sites excluding steroid dienone is 8. The van der Waals surface area contributed by atoms with Crippen LogP contribution in [0.4, 0.5) is 0 Å². The van der Waals surface area contributed by atoms with Crippen molar-refractivity contribution in [3.63, 3.8) is 0 Å². The van der Waals surface area contributed by atoms with Crippen molar-refractivity contribution < 1.29 is 0 Å². The van der Waals surface area contributed by atoms with Crippen LogP contribution in [0.1, 0.15) is 34.1 Å². The van der Waals surface area contributed by atoms with E-state index in [4.69, 9.17) is 0 Å². The van der Waals surface area contributed by atoms with E-state index in [0.29, 0.717) is 0 Å². The van der Waals surface area contributed by atoms with Gasteiger partial charge in [0.1, 0.15) is 0 Å². The van der Waals surface area contributed by atoms with Crippen molar-refractivity contribution in [2.75, 3.05) is 0 Å². The summed E-state index contributed by atoms with van der Waals surface area (Å²) in [7, 11) is 0. The lowest BCUT2D eigenvalue weighted by molar-refractivity contribution is 0.577. The topological polar surface area (TPSA) is 0 Å². The van der Waals surface area contributed by atoms with Crippen molar-refractivity contribution in [3.8, 4) is 0 Å². The Morgan fingerprint density at radius 2 is 1.36 bits per heavy atom. The minimum Gasteiger partial charge on any atom is -0.0798 e. The Kier molecular flexibility index (Phi) is 1.85. The second kappa shape index (κ2) is 2.73. The predicted octanol–water partition coefficient (Wildman–Crippen LogP) is 4.18. The molecule has 0 atom stereocenters. The fourth-order valence-electron chi connectivity index (χ4n) is 2.90. The van der Waals surface area contributed by atoms with Gasteiger partial charge in [0.05, 0.1) is 0 Å². The van der Waals surface area contributed by atoms with E-state index in [9.17, 15) is 0 Å². The normalized spacial score (nSPS) is 25.6. The van der Waals surface area contributed by atoms with Crippen molar-refractivity contribution >= 4 is 0 Å². The van der Waals surface area contributed by atoms with Gasteiger partial charge >= 0.3 is 0 Å². The zero-order valence-corrected chi connectivity index (χ0v) is 8.22. The van der Waals surface area contributed by atoms with Gasteiger partial charge in [-0.05, 0) is 35.1 Å². The molecule has 0 fully saturated rings. The van der Waals surface area contributed by atoms with Gasteiger partial charge in [-0.2, -0.15) is 0 Å². The molecule has 0 amide bonds. The third-order valence-corrected chi connectivity index (χ3v) is 3.57. The van der Waals surface area contributed by atoms with Crippen LogP contribution in [0.2, 0.25) is 0 Å². The van der Waals surface area contributed by atoms with Gasteiger partial charge in [0.15, 0.2) is 0 Å². The lowest BCUT2D eigenvalue weighted by Crippen LogP contribution is -2.11. The maximum atomic E-state index is 2.34. The van der Waals surface area contributed by atoms with Gasteiger partial charge in [0.25, 0.3) is 0 Å². The predicted molar refractivity (Wildman–Crippen MR) is 62.1 cm³/mol. The highest BCUT2D eigenvalue weighted by molar-refractivity contribution is 5.65. The highest BCUT2D eigenvalue weighted by Crippen LogP contribution is 2.53. The Morgan fingerprint density at radius 1 is 0.929 bits per heavy atom. The lowest BCUT2D eigenvalue weighted by atomic mass is 9.81. The van der Waals surface area contributed by atoms with Crippen LogP contribution in [0.15, 0.2) is 46.6 Å². The molecule has 0 spiro atoms. The standard InChI is InChI=1S/C13H14.CH4/c1-13(2)11-7-3-5-9(11)10-6-4-8-12(10)13;/h3-4,7-8H,5-6H2,1-2H3;1H4. The third kappa shape index (κ3) is 0.890. The van der Waals surface area contributed by atoms with E-state index in [2.05, 4.69) is 38.2 Å². The van der Waals surface area contributed by atoms with Crippen molar-refractivity contribution in [2.24, 2.45) is 5.41 Å². The van der Waals surface area contributed by atoms with Gasteiger partial charge in [0, 0.05) is 5.41 Å². The van der Waals surface area contributed by atoms with Crippen LogP contribution >= 0.6 is 0 Å². The van der Waals surface area contributed by atoms with Gasteiger partial charge < -0.3 is 0 Å². The molecule has 0 aliphatic heterocycles. The Bertz CT molecular complexity index is 360. The maximum Gasteiger partial charge on any atom is 0.0152 e. The number of rotatable bonds is 0. The first-order valence-electron chi connectivity index (χ1n) is 5.02. The molecule has 0 nitrogen and oxygen atoms in total. The summed E-state index contributed by atoms with van der Waals surface area (Å²) in [5, 5.41) is 0. The molecule has 74 valence electrons. The lowest BCUT2D eigenvalue weighted by Gasteiger charge is -2.22. The maximum absolute atomic E-state index is 2.34. The van der Waals surface area contributed by atoms with Crippen LogP contribution in [-0.2, 0) is 0 Å². The molecule has 0 heterocycles. The molecule has 0 saturated carbocycles. The Hall–Kier alpha value is -1.04. The van der Waals surface area contributed by atoms with Crippen LogP contribution in [0.25, 0.3) is 0 Å².